The summed E-state index contributed by atoms with van der Waals surface area (Å²) in [6.45, 7) is 5.92. The van der Waals surface area contributed by atoms with Crippen molar-refractivity contribution in [3.05, 3.63) is 34.9 Å². The van der Waals surface area contributed by atoms with E-state index in [2.05, 4.69) is 21.9 Å². The van der Waals surface area contributed by atoms with Crippen molar-refractivity contribution in [1.29, 1.82) is 0 Å². The molecule has 2 heterocycles. The molecule has 2 aromatic rings. The highest BCUT2D eigenvalue weighted by Gasteiger charge is 2.28. The lowest BCUT2D eigenvalue weighted by Crippen LogP contribution is -2.05. The van der Waals surface area contributed by atoms with E-state index in [9.17, 15) is 0 Å². The molecule has 0 radical (unpaired) electrons. The van der Waals surface area contributed by atoms with Gasteiger partial charge in [0.1, 0.15) is 11.6 Å². The average molecular weight is 284 g/mol. The molecule has 1 aliphatic carbocycles. The molecule has 0 unspecified atom stereocenters. The smallest absolute Gasteiger partial charge is 0.227 e. The molecular formula is C16H20N4O. The molecule has 0 bridgehead atoms. The minimum atomic E-state index is 0.442. The van der Waals surface area contributed by atoms with Crippen LogP contribution in [-0.4, -0.2) is 15.0 Å². The van der Waals surface area contributed by atoms with Crippen LogP contribution in [0.4, 0.5) is 5.82 Å². The van der Waals surface area contributed by atoms with E-state index in [0.29, 0.717) is 17.6 Å². The number of ether oxygens (including phenoxy) is 1. The Hall–Kier alpha value is -2.17. The molecule has 5 heteroatoms. The summed E-state index contributed by atoms with van der Waals surface area (Å²) >= 11 is 0. The number of nitrogen functional groups attached to an aromatic ring is 1. The highest BCUT2D eigenvalue weighted by atomic mass is 16.5. The first-order valence-electron chi connectivity index (χ1n) is 7.37. The maximum Gasteiger partial charge on any atom is 0.227 e. The second-order valence-corrected chi connectivity index (χ2v) is 5.52. The molecule has 0 amide bonds. The van der Waals surface area contributed by atoms with Gasteiger partial charge in [-0.05, 0) is 45.2 Å². The molecule has 1 fully saturated rings. The molecule has 0 spiro atoms. The van der Waals surface area contributed by atoms with Crippen LogP contribution in [0.2, 0.25) is 0 Å². The highest BCUT2D eigenvalue weighted by Crippen LogP contribution is 2.40. The highest BCUT2D eigenvalue weighted by molar-refractivity contribution is 5.47. The Morgan fingerprint density at radius 1 is 1.19 bits per heavy atom. The quantitative estimate of drug-likeness (QED) is 0.932. The van der Waals surface area contributed by atoms with E-state index in [1.807, 2.05) is 26.0 Å². The molecule has 3 rings (SSSR count). The number of pyridine rings is 1. The van der Waals surface area contributed by atoms with Gasteiger partial charge < -0.3 is 10.5 Å². The monoisotopic (exact) mass is 284 g/mol. The predicted octanol–water partition coefficient (Wildman–Crippen LogP) is 3.30. The van der Waals surface area contributed by atoms with Crippen molar-refractivity contribution in [2.24, 2.45) is 0 Å². The molecule has 2 N–H and O–H groups in total. The molecule has 0 aliphatic heterocycles. The Bertz CT molecular complexity index is 680. The summed E-state index contributed by atoms with van der Waals surface area (Å²) in [5.74, 6) is 3.03. The molecule has 0 saturated heterocycles. The summed E-state index contributed by atoms with van der Waals surface area (Å²) < 4.78 is 5.99. The standard InChI is InChI=1S/C16H20N4O/c1-4-12-13(8-5-9(2)18-12)21-16-10(3)14(17)19-15(20-16)11-6-7-11/h5,8,11H,4,6-7H2,1-3H3,(H2,17,19,20). The van der Waals surface area contributed by atoms with Crippen molar-refractivity contribution in [2.75, 3.05) is 5.73 Å². The van der Waals surface area contributed by atoms with Crippen LogP contribution in [0.25, 0.3) is 0 Å². The van der Waals surface area contributed by atoms with E-state index in [0.717, 1.165) is 47.8 Å². The number of rotatable bonds is 4. The Labute approximate surface area is 124 Å². The topological polar surface area (TPSA) is 73.9 Å². The Balaban J connectivity index is 1.97. The Morgan fingerprint density at radius 3 is 2.62 bits per heavy atom. The number of nitrogens with zero attached hydrogens (tertiary/aromatic N) is 3. The lowest BCUT2D eigenvalue weighted by atomic mass is 10.2. The van der Waals surface area contributed by atoms with Crippen molar-refractivity contribution < 1.29 is 4.74 Å². The van der Waals surface area contributed by atoms with E-state index in [-0.39, 0.29) is 0 Å². The number of nitrogens with two attached hydrogens (primary N) is 1. The van der Waals surface area contributed by atoms with Crippen molar-refractivity contribution in [3.63, 3.8) is 0 Å². The summed E-state index contributed by atoms with van der Waals surface area (Å²) in [6, 6.07) is 3.88. The lowest BCUT2D eigenvalue weighted by Gasteiger charge is -2.13. The zero-order valence-electron chi connectivity index (χ0n) is 12.7. The second-order valence-electron chi connectivity index (χ2n) is 5.52. The van der Waals surface area contributed by atoms with Crippen molar-refractivity contribution in [3.8, 4) is 11.6 Å². The third kappa shape index (κ3) is 2.82. The largest absolute Gasteiger partial charge is 0.437 e. The number of anilines is 1. The van der Waals surface area contributed by atoms with Crippen LogP contribution < -0.4 is 10.5 Å². The molecule has 5 nitrogen and oxygen atoms in total. The van der Waals surface area contributed by atoms with Crippen LogP contribution in [0.1, 0.15) is 48.5 Å². The van der Waals surface area contributed by atoms with Gasteiger partial charge in [0.15, 0.2) is 5.75 Å². The van der Waals surface area contributed by atoms with Crippen molar-refractivity contribution >= 4 is 5.82 Å². The summed E-state index contributed by atoms with van der Waals surface area (Å²) in [7, 11) is 0. The van der Waals surface area contributed by atoms with Gasteiger partial charge in [-0.25, -0.2) is 4.98 Å². The van der Waals surface area contributed by atoms with Gasteiger partial charge in [-0.15, -0.1) is 0 Å². The average Bonchev–Trinajstić information content (AvgIpc) is 3.29. The van der Waals surface area contributed by atoms with Crippen LogP contribution >= 0.6 is 0 Å². The van der Waals surface area contributed by atoms with Crippen LogP contribution in [0.5, 0.6) is 11.6 Å². The Kier molecular flexibility index (Phi) is 3.49. The van der Waals surface area contributed by atoms with Crippen LogP contribution in [0, 0.1) is 13.8 Å². The second kappa shape index (κ2) is 5.31. The molecule has 0 atom stereocenters. The SMILES string of the molecule is CCc1nc(C)ccc1Oc1nc(C2CC2)nc(N)c1C. The first-order chi connectivity index (χ1) is 10.1. The van der Waals surface area contributed by atoms with Gasteiger partial charge >= 0.3 is 0 Å². The molecule has 1 saturated carbocycles. The number of hydrogen-bond acceptors (Lipinski definition) is 5. The molecule has 110 valence electrons. The number of hydrogen-bond donors (Lipinski definition) is 1. The molecule has 2 aromatic heterocycles. The van der Waals surface area contributed by atoms with Gasteiger partial charge in [-0.2, -0.15) is 4.98 Å². The zero-order valence-corrected chi connectivity index (χ0v) is 12.7. The fourth-order valence-electron chi connectivity index (χ4n) is 2.20. The van der Waals surface area contributed by atoms with E-state index >= 15 is 0 Å². The zero-order chi connectivity index (χ0) is 15.0. The van der Waals surface area contributed by atoms with Gasteiger partial charge in [0.2, 0.25) is 5.88 Å². The number of aryl methyl sites for hydroxylation is 2. The summed E-state index contributed by atoms with van der Waals surface area (Å²) in [5.41, 5.74) is 8.68. The fourth-order valence-corrected chi connectivity index (χ4v) is 2.20. The van der Waals surface area contributed by atoms with Gasteiger partial charge in [0.25, 0.3) is 0 Å². The summed E-state index contributed by atoms with van der Waals surface area (Å²) in [4.78, 5) is 13.4. The van der Waals surface area contributed by atoms with E-state index in [1.54, 1.807) is 0 Å². The molecule has 21 heavy (non-hydrogen) atoms. The van der Waals surface area contributed by atoms with Crippen molar-refractivity contribution in [2.45, 2.75) is 46.0 Å². The minimum absolute atomic E-state index is 0.442. The first kappa shape index (κ1) is 13.8. The van der Waals surface area contributed by atoms with E-state index in [4.69, 9.17) is 10.5 Å². The predicted molar refractivity (Wildman–Crippen MR) is 81.6 cm³/mol. The minimum Gasteiger partial charge on any atom is -0.437 e. The third-order valence-corrected chi connectivity index (χ3v) is 3.71. The molecular weight excluding hydrogens is 264 g/mol. The van der Waals surface area contributed by atoms with Gasteiger partial charge in [0.05, 0.1) is 11.3 Å². The van der Waals surface area contributed by atoms with Crippen molar-refractivity contribution in [1.82, 2.24) is 15.0 Å². The van der Waals surface area contributed by atoms with E-state index in [1.165, 1.54) is 0 Å². The van der Waals surface area contributed by atoms with Gasteiger partial charge in [-0.1, -0.05) is 6.92 Å². The third-order valence-electron chi connectivity index (χ3n) is 3.71. The summed E-state index contributed by atoms with van der Waals surface area (Å²) in [6.07, 6.45) is 3.08. The van der Waals surface area contributed by atoms with Gasteiger partial charge in [0, 0.05) is 11.6 Å². The normalized spacial score (nSPS) is 14.2. The molecule has 1 aliphatic rings. The van der Waals surface area contributed by atoms with Gasteiger partial charge in [-0.3, -0.25) is 4.98 Å². The van der Waals surface area contributed by atoms with E-state index < -0.39 is 0 Å². The lowest BCUT2D eigenvalue weighted by molar-refractivity contribution is 0.446. The van der Waals surface area contributed by atoms with Crippen LogP contribution in [0.15, 0.2) is 12.1 Å². The maximum atomic E-state index is 5.99. The fraction of sp³-hybridized carbons (Fsp3) is 0.438. The van der Waals surface area contributed by atoms with Crippen LogP contribution in [-0.2, 0) is 6.42 Å². The van der Waals surface area contributed by atoms with Crippen LogP contribution in [0.3, 0.4) is 0 Å². The maximum absolute atomic E-state index is 5.99. The number of aromatic nitrogens is 3. The Morgan fingerprint density at radius 2 is 1.95 bits per heavy atom. The first-order valence-corrected chi connectivity index (χ1v) is 7.37. The summed E-state index contributed by atoms with van der Waals surface area (Å²) in [5, 5.41) is 0. The molecule has 0 aromatic carbocycles.